The zero-order chi connectivity index (χ0) is 10.0. The highest BCUT2D eigenvalue weighted by Gasteiger charge is 2.38. The van der Waals surface area contributed by atoms with Gasteiger partial charge in [-0.05, 0) is 13.3 Å². The molecule has 1 amide bonds. The molecule has 5 N–H and O–H groups in total. The van der Waals surface area contributed by atoms with E-state index in [1.54, 1.807) is 0 Å². The van der Waals surface area contributed by atoms with Crippen LogP contribution >= 0.6 is 0 Å². The Morgan fingerprint density at radius 1 is 1.85 bits per heavy atom. The molecule has 0 aliphatic carbocycles. The van der Waals surface area contributed by atoms with Crippen molar-refractivity contribution in [2.45, 2.75) is 19.4 Å². The molecule has 1 rings (SSSR count). The SMILES string of the molecule is CC1NN(C(=N)N)C(=O)C1CCO. The fourth-order valence-electron chi connectivity index (χ4n) is 1.44. The van der Waals surface area contributed by atoms with Crippen molar-refractivity contribution in [3.8, 4) is 0 Å². The lowest BCUT2D eigenvalue weighted by molar-refractivity contribution is -0.129. The normalized spacial score (nSPS) is 28.2. The maximum Gasteiger partial charge on any atom is 0.248 e. The van der Waals surface area contributed by atoms with Gasteiger partial charge in [-0.15, -0.1) is 0 Å². The van der Waals surface area contributed by atoms with Crippen LogP contribution in [0.1, 0.15) is 13.3 Å². The predicted octanol–water partition coefficient (Wildman–Crippen LogP) is -1.39. The molecule has 0 aromatic carbocycles. The summed E-state index contributed by atoms with van der Waals surface area (Å²) in [4.78, 5) is 11.5. The molecule has 1 saturated heterocycles. The Bertz CT molecular complexity index is 231. The summed E-state index contributed by atoms with van der Waals surface area (Å²) in [6.45, 7) is 1.79. The fourth-order valence-corrected chi connectivity index (χ4v) is 1.44. The summed E-state index contributed by atoms with van der Waals surface area (Å²) < 4.78 is 0. The third-order valence-electron chi connectivity index (χ3n) is 2.15. The molecule has 0 radical (unpaired) electrons. The standard InChI is InChI=1S/C7H14N4O2/c1-4-5(2-3-12)6(13)11(10-4)7(8)9/h4-5,10,12H,2-3H2,1H3,(H3,8,9). The number of hydrogen-bond acceptors (Lipinski definition) is 4. The summed E-state index contributed by atoms with van der Waals surface area (Å²) in [6, 6.07) is -0.0800. The second-order valence-corrected chi connectivity index (χ2v) is 3.10. The predicted molar refractivity (Wildman–Crippen MR) is 46.6 cm³/mol. The number of amides is 1. The van der Waals surface area contributed by atoms with Crippen LogP contribution in [0.25, 0.3) is 0 Å². The van der Waals surface area contributed by atoms with Gasteiger partial charge in [0.15, 0.2) is 0 Å². The molecule has 6 heteroatoms. The van der Waals surface area contributed by atoms with Gasteiger partial charge >= 0.3 is 0 Å². The van der Waals surface area contributed by atoms with Crippen LogP contribution in [0, 0.1) is 11.3 Å². The Morgan fingerprint density at radius 3 is 2.85 bits per heavy atom. The minimum absolute atomic E-state index is 0.0336. The van der Waals surface area contributed by atoms with Crippen molar-refractivity contribution in [2.75, 3.05) is 6.61 Å². The van der Waals surface area contributed by atoms with E-state index in [0.717, 1.165) is 5.01 Å². The molecule has 2 atom stereocenters. The van der Waals surface area contributed by atoms with Crippen LogP contribution in [-0.4, -0.2) is 34.6 Å². The number of rotatable bonds is 2. The Labute approximate surface area is 76.2 Å². The van der Waals surface area contributed by atoms with E-state index in [1.165, 1.54) is 0 Å². The van der Waals surface area contributed by atoms with E-state index in [1.807, 2.05) is 6.92 Å². The molecule has 1 aliphatic rings. The minimum Gasteiger partial charge on any atom is -0.396 e. The molecule has 13 heavy (non-hydrogen) atoms. The van der Waals surface area contributed by atoms with Crippen molar-refractivity contribution in [3.05, 3.63) is 0 Å². The first-order chi connectivity index (χ1) is 6.07. The number of aliphatic hydroxyl groups is 1. The van der Waals surface area contributed by atoms with Crippen LogP contribution in [0.5, 0.6) is 0 Å². The van der Waals surface area contributed by atoms with Crippen molar-refractivity contribution < 1.29 is 9.90 Å². The molecule has 6 nitrogen and oxygen atoms in total. The molecule has 2 unspecified atom stereocenters. The van der Waals surface area contributed by atoms with Gasteiger partial charge in [0.05, 0.1) is 5.92 Å². The maximum atomic E-state index is 11.5. The number of nitrogens with one attached hydrogen (secondary N) is 2. The summed E-state index contributed by atoms with van der Waals surface area (Å²) in [5.41, 5.74) is 7.93. The lowest BCUT2D eigenvalue weighted by Gasteiger charge is -2.12. The van der Waals surface area contributed by atoms with Crippen LogP contribution in [0.2, 0.25) is 0 Å². The summed E-state index contributed by atoms with van der Waals surface area (Å²) >= 11 is 0. The third-order valence-corrected chi connectivity index (χ3v) is 2.15. The number of hydrogen-bond donors (Lipinski definition) is 4. The fraction of sp³-hybridized carbons (Fsp3) is 0.714. The molecule has 74 valence electrons. The second kappa shape index (κ2) is 3.71. The summed E-state index contributed by atoms with van der Waals surface area (Å²) in [6.07, 6.45) is 0.400. The molecule has 0 aromatic rings. The first-order valence-electron chi connectivity index (χ1n) is 4.13. The van der Waals surface area contributed by atoms with E-state index in [9.17, 15) is 4.79 Å². The van der Waals surface area contributed by atoms with Crippen LogP contribution in [-0.2, 0) is 4.79 Å². The first kappa shape index (κ1) is 9.94. The average molecular weight is 186 g/mol. The van der Waals surface area contributed by atoms with Crippen molar-refractivity contribution in [2.24, 2.45) is 11.7 Å². The third kappa shape index (κ3) is 1.78. The zero-order valence-corrected chi connectivity index (χ0v) is 7.45. The van der Waals surface area contributed by atoms with Crippen molar-refractivity contribution in [1.82, 2.24) is 10.4 Å². The van der Waals surface area contributed by atoms with Crippen LogP contribution in [0.15, 0.2) is 0 Å². The number of hydrazine groups is 1. The summed E-state index contributed by atoms with van der Waals surface area (Å²) in [7, 11) is 0. The number of nitrogens with zero attached hydrogens (tertiary/aromatic N) is 1. The van der Waals surface area contributed by atoms with Crippen LogP contribution < -0.4 is 11.2 Å². The maximum absolute atomic E-state index is 11.5. The van der Waals surface area contributed by atoms with E-state index in [4.69, 9.17) is 16.2 Å². The lowest BCUT2D eigenvalue weighted by atomic mass is 9.99. The lowest BCUT2D eigenvalue weighted by Crippen LogP contribution is -2.45. The van der Waals surface area contributed by atoms with E-state index < -0.39 is 0 Å². The van der Waals surface area contributed by atoms with Gasteiger partial charge in [0.25, 0.3) is 0 Å². The van der Waals surface area contributed by atoms with Gasteiger partial charge in [0.2, 0.25) is 11.9 Å². The highest BCUT2D eigenvalue weighted by molar-refractivity contribution is 5.97. The molecule has 0 aromatic heterocycles. The van der Waals surface area contributed by atoms with Gasteiger partial charge in [-0.1, -0.05) is 0 Å². The molecule has 1 aliphatic heterocycles. The molecule has 0 bridgehead atoms. The Hall–Kier alpha value is -1.14. The number of guanidine groups is 1. The molecular weight excluding hydrogens is 172 g/mol. The zero-order valence-electron chi connectivity index (χ0n) is 7.45. The van der Waals surface area contributed by atoms with Gasteiger partial charge < -0.3 is 10.8 Å². The van der Waals surface area contributed by atoms with Crippen molar-refractivity contribution in [1.29, 1.82) is 5.41 Å². The van der Waals surface area contributed by atoms with Gasteiger partial charge in [0, 0.05) is 12.6 Å². The summed E-state index contributed by atoms with van der Waals surface area (Å²) in [5, 5.41) is 16.8. The number of carbonyl (C=O) groups is 1. The molecule has 0 saturated carbocycles. The summed E-state index contributed by atoms with van der Waals surface area (Å²) in [5.74, 6) is -0.833. The molecule has 1 heterocycles. The minimum atomic E-state index is -0.308. The highest BCUT2D eigenvalue weighted by Crippen LogP contribution is 2.18. The van der Waals surface area contributed by atoms with E-state index in [2.05, 4.69) is 5.43 Å². The van der Waals surface area contributed by atoms with E-state index in [-0.39, 0.29) is 30.4 Å². The molecular formula is C7H14N4O2. The quantitative estimate of drug-likeness (QED) is 0.315. The van der Waals surface area contributed by atoms with Crippen molar-refractivity contribution >= 4 is 11.9 Å². The first-order valence-corrected chi connectivity index (χ1v) is 4.13. The largest absolute Gasteiger partial charge is 0.396 e. The van der Waals surface area contributed by atoms with E-state index >= 15 is 0 Å². The van der Waals surface area contributed by atoms with Crippen LogP contribution in [0.3, 0.4) is 0 Å². The van der Waals surface area contributed by atoms with Crippen LogP contribution in [0.4, 0.5) is 0 Å². The van der Waals surface area contributed by atoms with Gasteiger partial charge in [-0.25, -0.2) is 10.4 Å². The number of aliphatic hydroxyl groups excluding tert-OH is 1. The number of carbonyl (C=O) groups excluding carboxylic acids is 1. The average Bonchev–Trinajstić information content (AvgIpc) is 2.32. The Kier molecular flexibility index (Phi) is 2.84. The molecule has 0 spiro atoms. The Balaban J connectivity index is 2.69. The smallest absolute Gasteiger partial charge is 0.248 e. The highest BCUT2D eigenvalue weighted by atomic mass is 16.3. The number of nitrogens with two attached hydrogens (primary N) is 1. The van der Waals surface area contributed by atoms with Gasteiger partial charge in [-0.2, -0.15) is 0 Å². The molecule has 1 fully saturated rings. The van der Waals surface area contributed by atoms with E-state index in [0.29, 0.717) is 6.42 Å². The second-order valence-electron chi connectivity index (χ2n) is 3.10. The van der Waals surface area contributed by atoms with Crippen molar-refractivity contribution in [3.63, 3.8) is 0 Å². The van der Waals surface area contributed by atoms with Gasteiger partial charge in [-0.3, -0.25) is 10.2 Å². The Morgan fingerprint density at radius 2 is 2.46 bits per heavy atom. The van der Waals surface area contributed by atoms with Gasteiger partial charge in [0.1, 0.15) is 0 Å². The topological polar surface area (TPSA) is 102 Å². The monoisotopic (exact) mass is 186 g/mol.